The van der Waals surface area contributed by atoms with Crippen molar-refractivity contribution in [3.05, 3.63) is 107 Å². The summed E-state index contributed by atoms with van der Waals surface area (Å²) in [6, 6.07) is 18.9. The van der Waals surface area contributed by atoms with Crippen LogP contribution in [-0.4, -0.2) is 163 Å². The molecule has 0 aliphatic carbocycles. The summed E-state index contributed by atoms with van der Waals surface area (Å²) >= 11 is 0. The maximum absolute atomic E-state index is 14.1. The fourth-order valence-electron chi connectivity index (χ4n) is 9.34. The summed E-state index contributed by atoms with van der Waals surface area (Å²) in [5.41, 5.74) is 2.82. The molecule has 24 heteroatoms. The Kier molecular flexibility index (Phi) is 23.3. The predicted octanol–water partition coefficient (Wildman–Crippen LogP) is 4.12. The summed E-state index contributed by atoms with van der Waals surface area (Å²) < 4.78 is 82.5. The number of benzene rings is 3. The lowest BCUT2D eigenvalue weighted by molar-refractivity contribution is -0.186. The van der Waals surface area contributed by atoms with E-state index in [2.05, 4.69) is 31.9 Å². The minimum absolute atomic E-state index is 0.0722. The molecule has 5 rings (SSSR count). The zero-order valence-corrected chi connectivity index (χ0v) is 44.0. The van der Waals surface area contributed by atoms with E-state index in [0.717, 1.165) is 11.1 Å². The molecule has 18 nitrogen and oxygen atoms in total. The second kappa shape index (κ2) is 29.5. The van der Waals surface area contributed by atoms with E-state index in [1.165, 1.54) is 16.8 Å². The number of rotatable bonds is 26. The van der Waals surface area contributed by atoms with Gasteiger partial charge in [0.1, 0.15) is 12.1 Å². The number of urea groups is 1. The monoisotopic (exact) mass is 1100 g/mol. The van der Waals surface area contributed by atoms with Gasteiger partial charge in [-0.15, -0.1) is 0 Å². The number of halogens is 6. The summed E-state index contributed by atoms with van der Waals surface area (Å²) in [5.74, 6) is -6.67. The van der Waals surface area contributed by atoms with Crippen LogP contribution in [0.5, 0.6) is 0 Å². The fraction of sp³-hybridized carbons (Fsp3) is 0.519. The van der Waals surface area contributed by atoms with Gasteiger partial charge >= 0.3 is 30.2 Å². The highest BCUT2D eigenvalue weighted by Crippen LogP contribution is 2.27. The first kappa shape index (κ1) is 61.6. The van der Waals surface area contributed by atoms with Gasteiger partial charge in [-0.05, 0) is 87.6 Å². The van der Waals surface area contributed by atoms with Crippen LogP contribution in [0.2, 0.25) is 0 Å². The molecule has 0 aromatic heterocycles. The third-order valence-corrected chi connectivity index (χ3v) is 13.9. The molecule has 2 fully saturated rings. The Morgan fingerprint density at radius 3 is 1.35 bits per heavy atom. The molecule has 0 radical (unpaired) electrons. The molecule has 5 atom stereocenters. The van der Waals surface area contributed by atoms with Crippen molar-refractivity contribution in [3.63, 3.8) is 0 Å². The lowest BCUT2D eigenvalue weighted by atomic mass is 10.1. The minimum Gasteiger partial charge on any atom is -0.352 e. The Morgan fingerprint density at radius 2 is 0.974 bits per heavy atom. The topological polar surface area (TPSA) is 222 Å². The van der Waals surface area contributed by atoms with E-state index in [1.807, 2.05) is 0 Å². The average molecular weight is 1100 g/mol. The number of hydrogen-bond acceptors (Lipinski definition) is 9. The van der Waals surface area contributed by atoms with Gasteiger partial charge in [0, 0.05) is 84.3 Å². The molecule has 2 aliphatic heterocycles. The maximum Gasteiger partial charge on any atom is 0.471 e. The van der Waals surface area contributed by atoms with Crippen LogP contribution in [0.4, 0.5) is 31.1 Å². The van der Waals surface area contributed by atoms with E-state index in [0.29, 0.717) is 46.6 Å². The van der Waals surface area contributed by atoms with E-state index in [-0.39, 0.29) is 90.9 Å². The minimum atomic E-state index is -5.14. The SMILES string of the molecule is CNC(=O)N[C@@H](CCC(=O)NCc1ccc(CNC(=O)CC[C@H](NC(=O)[C@H](C)NC)C(=O)N2CCC[C@H]2CN(CCc2ccccc2)C(=O)C(F)(F)F)cc1)C(=O)N1CCC[C@H]1CN(CCc1ccccc1)C(=O)C(F)(F)F. The van der Waals surface area contributed by atoms with E-state index in [4.69, 9.17) is 0 Å². The lowest BCUT2D eigenvalue weighted by Gasteiger charge is -2.33. The molecule has 9 amide bonds. The number of amides is 9. The van der Waals surface area contributed by atoms with Gasteiger partial charge in [0.25, 0.3) is 0 Å². The number of carbonyl (C=O) groups excluding carboxylic acids is 8. The maximum atomic E-state index is 14.1. The van der Waals surface area contributed by atoms with Gasteiger partial charge in [-0.3, -0.25) is 33.6 Å². The van der Waals surface area contributed by atoms with Crippen molar-refractivity contribution in [1.29, 1.82) is 0 Å². The smallest absolute Gasteiger partial charge is 0.352 e. The quantitative estimate of drug-likeness (QED) is 0.0636. The highest BCUT2D eigenvalue weighted by molar-refractivity contribution is 5.91. The van der Waals surface area contributed by atoms with Crippen molar-refractivity contribution in [1.82, 2.24) is 51.5 Å². The van der Waals surface area contributed by atoms with Gasteiger partial charge in [-0.2, -0.15) is 26.3 Å². The molecule has 2 heterocycles. The summed E-state index contributed by atoms with van der Waals surface area (Å²) in [6.45, 7) is 0.848. The van der Waals surface area contributed by atoms with Crippen molar-refractivity contribution >= 4 is 47.4 Å². The second-order valence-corrected chi connectivity index (χ2v) is 19.4. The van der Waals surface area contributed by atoms with E-state index in [9.17, 15) is 64.7 Å². The molecule has 2 aliphatic rings. The number of nitrogens with one attached hydrogen (secondary N) is 6. The summed E-state index contributed by atoms with van der Waals surface area (Å²) in [5, 5.41) is 15.9. The number of alkyl halides is 6. The molecule has 0 spiro atoms. The van der Waals surface area contributed by atoms with Crippen molar-refractivity contribution in [2.24, 2.45) is 0 Å². The van der Waals surface area contributed by atoms with Crippen LogP contribution >= 0.6 is 0 Å². The van der Waals surface area contributed by atoms with Crippen LogP contribution in [-0.2, 0) is 59.5 Å². The van der Waals surface area contributed by atoms with Crippen molar-refractivity contribution < 1.29 is 64.7 Å². The van der Waals surface area contributed by atoms with Crippen LogP contribution in [0, 0.1) is 0 Å². The zero-order valence-electron chi connectivity index (χ0n) is 44.0. The normalized spacial score (nSPS) is 16.6. The molecular formula is C54H70F6N10O8. The Morgan fingerprint density at radius 1 is 0.577 bits per heavy atom. The average Bonchev–Trinajstić information content (AvgIpc) is 4.12. The number of hydrogen-bond donors (Lipinski definition) is 6. The van der Waals surface area contributed by atoms with Crippen molar-refractivity contribution in [2.75, 3.05) is 53.4 Å². The first-order valence-corrected chi connectivity index (χ1v) is 26.1. The van der Waals surface area contributed by atoms with E-state index in [1.54, 1.807) is 98.9 Å². The first-order valence-electron chi connectivity index (χ1n) is 26.1. The molecule has 426 valence electrons. The largest absolute Gasteiger partial charge is 0.471 e. The summed E-state index contributed by atoms with van der Waals surface area (Å²) in [6.07, 6.45) is -9.10. The summed E-state index contributed by atoms with van der Waals surface area (Å²) in [4.78, 5) is 109. The number of nitrogens with zero attached hydrogens (tertiary/aromatic N) is 4. The highest BCUT2D eigenvalue weighted by atomic mass is 19.4. The van der Waals surface area contributed by atoms with Gasteiger partial charge < -0.3 is 51.5 Å². The van der Waals surface area contributed by atoms with Crippen LogP contribution in [0.25, 0.3) is 0 Å². The molecule has 0 unspecified atom stereocenters. The van der Waals surface area contributed by atoms with E-state index >= 15 is 0 Å². The zero-order chi connectivity index (χ0) is 57.0. The number of likely N-dealkylation sites (tertiary alicyclic amines) is 2. The molecule has 0 bridgehead atoms. The van der Waals surface area contributed by atoms with Crippen LogP contribution in [0.1, 0.15) is 80.5 Å². The molecule has 3 aromatic rings. The highest BCUT2D eigenvalue weighted by Gasteiger charge is 2.46. The number of carbonyl (C=O) groups is 8. The van der Waals surface area contributed by atoms with Gasteiger partial charge in [-0.1, -0.05) is 84.9 Å². The van der Waals surface area contributed by atoms with Gasteiger partial charge in [0.2, 0.25) is 29.5 Å². The molecule has 78 heavy (non-hydrogen) atoms. The molecule has 3 aromatic carbocycles. The Bertz CT molecular complexity index is 2490. The Hall–Kier alpha value is -7.24. The van der Waals surface area contributed by atoms with Gasteiger partial charge in [0.15, 0.2) is 0 Å². The van der Waals surface area contributed by atoms with E-state index < -0.39 is 89.9 Å². The van der Waals surface area contributed by atoms with Gasteiger partial charge in [0.05, 0.1) is 6.04 Å². The predicted molar refractivity (Wildman–Crippen MR) is 275 cm³/mol. The molecular weight excluding hydrogens is 1030 g/mol. The third-order valence-electron chi connectivity index (χ3n) is 13.9. The standard InChI is InChI=1S/C54H70F6N10O8/c1-36(61-2)47(73)65-43(48(74)69-28-10-16-41(69)34-67(50(76)53(55,56)57)30-26-37-12-6-4-7-13-37)22-24-45(71)63-32-39-18-20-40(21-19-39)33-64-46(72)25-23-44(66-52(78)62-3)49(75)70-29-11-17-42(70)35-68(51(77)54(58,59)60)31-27-38-14-8-5-9-15-38/h4-9,12-15,18-21,36,41-44,61H,10-11,16-17,22-35H2,1-3H3,(H,63,71)(H,64,72)(H,65,73)(H2,62,66,78)/t36-,41-,42-,43-,44-/m0/s1. The van der Waals surface area contributed by atoms with Gasteiger partial charge in [-0.25, -0.2) is 4.79 Å². The third kappa shape index (κ3) is 19.0. The summed E-state index contributed by atoms with van der Waals surface area (Å²) in [7, 11) is 2.88. The second-order valence-electron chi connectivity index (χ2n) is 19.4. The Balaban J connectivity index is 1.12. The lowest BCUT2D eigenvalue weighted by Crippen LogP contribution is -2.55. The van der Waals surface area contributed by atoms with Crippen LogP contribution in [0.3, 0.4) is 0 Å². The molecule has 0 saturated carbocycles. The van der Waals surface area contributed by atoms with Crippen molar-refractivity contribution in [3.8, 4) is 0 Å². The fourth-order valence-corrected chi connectivity index (χ4v) is 9.34. The van der Waals surface area contributed by atoms with Crippen LogP contribution in [0.15, 0.2) is 84.9 Å². The van der Waals surface area contributed by atoms with Crippen LogP contribution < -0.4 is 31.9 Å². The number of likely N-dealkylation sites (N-methyl/N-ethyl adjacent to an activating group) is 1. The Labute approximate surface area is 449 Å². The molecule has 6 N–H and O–H groups in total. The first-order chi connectivity index (χ1) is 37.1. The molecule has 2 saturated heterocycles. The van der Waals surface area contributed by atoms with Crippen molar-refractivity contribution in [2.45, 2.75) is 127 Å².